The van der Waals surface area contributed by atoms with Gasteiger partial charge in [0.15, 0.2) is 0 Å². The van der Waals surface area contributed by atoms with Crippen LogP contribution in [0.1, 0.15) is 40.0 Å². The van der Waals surface area contributed by atoms with Crippen molar-refractivity contribution >= 4 is 5.78 Å². The third kappa shape index (κ3) is 9.63. The lowest BCUT2D eigenvalue weighted by Crippen LogP contribution is -2.05. The Morgan fingerprint density at radius 3 is 2.09 bits per heavy atom. The maximum absolute atomic E-state index is 10.9. The number of aliphatic hydroxyl groups excluding tert-OH is 1. The van der Waals surface area contributed by atoms with Gasteiger partial charge in [0.1, 0.15) is 5.78 Å². The molecular formula is C9H20O2. The van der Waals surface area contributed by atoms with E-state index in [1.165, 1.54) is 0 Å². The van der Waals surface area contributed by atoms with Crippen LogP contribution in [0.25, 0.3) is 0 Å². The molecule has 0 aromatic carbocycles. The molecule has 0 spiro atoms. The fourth-order valence-electron chi connectivity index (χ4n) is 0.640. The zero-order valence-electron chi connectivity index (χ0n) is 8.05. The highest BCUT2D eigenvalue weighted by molar-refractivity contribution is 5.80. The van der Waals surface area contributed by atoms with E-state index in [-0.39, 0.29) is 5.92 Å². The van der Waals surface area contributed by atoms with Crippen LogP contribution in [-0.2, 0) is 4.79 Å². The fourth-order valence-corrected chi connectivity index (χ4v) is 0.640. The molecule has 0 rings (SSSR count). The first-order valence-electron chi connectivity index (χ1n) is 4.16. The lowest BCUT2D eigenvalue weighted by molar-refractivity contribution is -0.121. The van der Waals surface area contributed by atoms with Gasteiger partial charge in [-0.3, -0.25) is 4.79 Å². The monoisotopic (exact) mass is 160 g/mol. The Kier molecular flexibility index (Phi) is 11.6. The number of unbranched alkanes of at least 4 members (excludes halogenated alkanes) is 1. The van der Waals surface area contributed by atoms with Crippen LogP contribution in [0.5, 0.6) is 0 Å². The summed E-state index contributed by atoms with van der Waals surface area (Å²) in [6.07, 6.45) is 2.95. The Morgan fingerprint density at radius 1 is 1.36 bits per heavy atom. The molecule has 0 atom stereocenters. The number of rotatable bonds is 4. The van der Waals surface area contributed by atoms with Crippen LogP contribution < -0.4 is 0 Å². The average molecular weight is 160 g/mol. The van der Waals surface area contributed by atoms with Gasteiger partial charge in [0, 0.05) is 19.4 Å². The normalized spacial score (nSPS) is 8.91. The quantitative estimate of drug-likeness (QED) is 0.683. The van der Waals surface area contributed by atoms with E-state index in [2.05, 4.69) is 6.92 Å². The minimum atomic E-state index is 0.233. The molecule has 0 saturated heterocycles. The van der Waals surface area contributed by atoms with E-state index in [1.54, 1.807) is 0 Å². The minimum absolute atomic E-state index is 0.233. The van der Waals surface area contributed by atoms with Gasteiger partial charge in [-0.2, -0.15) is 0 Å². The van der Waals surface area contributed by atoms with Crippen LogP contribution in [-0.4, -0.2) is 18.0 Å². The molecule has 0 aromatic rings. The molecule has 0 saturated carbocycles. The van der Waals surface area contributed by atoms with Crippen molar-refractivity contribution in [1.29, 1.82) is 0 Å². The van der Waals surface area contributed by atoms with E-state index < -0.39 is 0 Å². The Morgan fingerprint density at radius 2 is 1.82 bits per heavy atom. The number of hydrogen-bond donors (Lipinski definition) is 1. The molecule has 1 N–H and O–H groups in total. The molecule has 68 valence electrons. The summed E-state index contributed by atoms with van der Waals surface area (Å²) in [5, 5.41) is 7.00. The van der Waals surface area contributed by atoms with Crippen LogP contribution >= 0.6 is 0 Å². The standard InChI is InChI=1S/C8H16O.CH4O/c1-4-5-6-8(9)7(2)3;1-2/h7H,4-6H2,1-3H3;2H,1H3. The second kappa shape index (κ2) is 9.63. The average Bonchev–Trinajstić information content (AvgIpc) is 2.03. The predicted octanol–water partition coefficient (Wildman–Crippen LogP) is 2.01. The highest BCUT2D eigenvalue weighted by Gasteiger charge is 2.04. The third-order valence-corrected chi connectivity index (χ3v) is 1.42. The third-order valence-electron chi connectivity index (χ3n) is 1.42. The second-order valence-corrected chi connectivity index (χ2v) is 2.72. The SMILES string of the molecule is CCCCC(=O)C(C)C.CO. The molecule has 0 aliphatic rings. The van der Waals surface area contributed by atoms with E-state index in [4.69, 9.17) is 5.11 Å². The molecule has 0 radical (unpaired) electrons. The van der Waals surface area contributed by atoms with E-state index in [0.29, 0.717) is 5.78 Å². The summed E-state index contributed by atoms with van der Waals surface area (Å²) in [5.74, 6) is 0.633. The van der Waals surface area contributed by atoms with Crippen LogP contribution in [0.15, 0.2) is 0 Å². The molecular weight excluding hydrogens is 140 g/mol. The van der Waals surface area contributed by atoms with Crippen molar-refractivity contribution < 1.29 is 9.90 Å². The Hall–Kier alpha value is -0.370. The number of carbonyl (C=O) groups excluding carboxylic acids is 1. The highest BCUT2D eigenvalue weighted by Crippen LogP contribution is 2.02. The van der Waals surface area contributed by atoms with Gasteiger partial charge < -0.3 is 5.11 Å². The first kappa shape index (κ1) is 13.2. The molecule has 2 heteroatoms. The van der Waals surface area contributed by atoms with Crippen LogP contribution in [0, 0.1) is 5.92 Å². The summed E-state index contributed by atoms with van der Waals surface area (Å²) in [6, 6.07) is 0. The summed E-state index contributed by atoms with van der Waals surface area (Å²) >= 11 is 0. The van der Waals surface area contributed by atoms with Gasteiger partial charge in [-0.25, -0.2) is 0 Å². The van der Waals surface area contributed by atoms with Crippen molar-refractivity contribution in [2.45, 2.75) is 40.0 Å². The number of Topliss-reactive ketones (excluding diaryl/α,β-unsaturated/α-hetero) is 1. The van der Waals surface area contributed by atoms with Gasteiger partial charge in [-0.1, -0.05) is 27.2 Å². The summed E-state index contributed by atoms with van der Waals surface area (Å²) in [4.78, 5) is 10.9. The largest absolute Gasteiger partial charge is 0.400 e. The topological polar surface area (TPSA) is 37.3 Å². The summed E-state index contributed by atoms with van der Waals surface area (Å²) < 4.78 is 0. The lowest BCUT2D eigenvalue weighted by atomic mass is 10.0. The van der Waals surface area contributed by atoms with E-state index in [1.807, 2.05) is 13.8 Å². The fraction of sp³-hybridized carbons (Fsp3) is 0.889. The molecule has 0 bridgehead atoms. The second-order valence-electron chi connectivity index (χ2n) is 2.72. The van der Waals surface area contributed by atoms with E-state index in [9.17, 15) is 4.79 Å². The van der Waals surface area contributed by atoms with E-state index >= 15 is 0 Å². The van der Waals surface area contributed by atoms with E-state index in [0.717, 1.165) is 26.4 Å². The van der Waals surface area contributed by atoms with Gasteiger partial charge in [0.25, 0.3) is 0 Å². The Labute approximate surface area is 69.6 Å². The van der Waals surface area contributed by atoms with Crippen molar-refractivity contribution in [3.63, 3.8) is 0 Å². The van der Waals surface area contributed by atoms with Crippen LogP contribution in [0.2, 0.25) is 0 Å². The number of aliphatic hydroxyl groups is 1. The van der Waals surface area contributed by atoms with Gasteiger partial charge >= 0.3 is 0 Å². The van der Waals surface area contributed by atoms with Crippen molar-refractivity contribution in [3.8, 4) is 0 Å². The summed E-state index contributed by atoms with van der Waals surface area (Å²) in [7, 11) is 1.00. The van der Waals surface area contributed by atoms with Crippen molar-refractivity contribution in [2.75, 3.05) is 7.11 Å². The lowest BCUT2D eigenvalue weighted by Gasteiger charge is -2.00. The first-order valence-corrected chi connectivity index (χ1v) is 4.16. The number of hydrogen-bond acceptors (Lipinski definition) is 2. The summed E-state index contributed by atoms with van der Waals surface area (Å²) in [5.41, 5.74) is 0. The smallest absolute Gasteiger partial charge is 0.135 e. The minimum Gasteiger partial charge on any atom is -0.400 e. The van der Waals surface area contributed by atoms with Crippen molar-refractivity contribution in [1.82, 2.24) is 0 Å². The highest BCUT2D eigenvalue weighted by atomic mass is 16.2. The first-order chi connectivity index (χ1) is 5.18. The molecule has 0 aliphatic carbocycles. The van der Waals surface area contributed by atoms with Crippen LogP contribution in [0.3, 0.4) is 0 Å². The van der Waals surface area contributed by atoms with Gasteiger partial charge in [-0.05, 0) is 6.42 Å². The van der Waals surface area contributed by atoms with Gasteiger partial charge in [-0.15, -0.1) is 0 Å². The molecule has 2 nitrogen and oxygen atoms in total. The summed E-state index contributed by atoms with van der Waals surface area (Å²) in [6.45, 7) is 6.02. The zero-order chi connectivity index (χ0) is 9.28. The van der Waals surface area contributed by atoms with Gasteiger partial charge in [0.05, 0.1) is 0 Å². The molecule has 0 aromatic heterocycles. The molecule has 0 heterocycles. The zero-order valence-corrected chi connectivity index (χ0v) is 8.05. The number of ketones is 1. The van der Waals surface area contributed by atoms with Gasteiger partial charge in [0.2, 0.25) is 0 Å². The Bertz CT molecular complexity index is 87.6. The maximum atomic E-state index is 10.9. The molecule has 0 amide bonds. The van der Waals surface area contributed by atoms with Crippen molar-refractivity contribution in [3.05, 3.63) is 0 Å². The molecule has 0 fully saturated rings. The maximum Gasteiger partial charge on any atom is 0.135 e. The molecule has 11 heavy (non-hydrogen) atoms. The number of carbonyl (C=O) groups is 1. The predicted molar refractivity (Wildman–Crippen MR) is 47.5 cm³/mol. The molecule has 0 unspecified atom stereocenters. The van der Waals surface area contributed by atoms with Crippen LogP contribution in [0.4, 0.5) is 0 Å². The molecule has 0 aliphatic heterocycles. The Balaban J connectivity index is 0. The van der Waals surface area contributed by atoms with Crippen molar-refractivity contribution in [2.24, 2.45) is 5.92 Å².